The number of anilines is 1. The lowest BCUT2D eigenvalue weighted by Gasteiger charge is -2.01. The summed E-state index contributed by atoms with van der Waals surface area (Å²) in [5, 5.41) is 4.59. The standard InChI is InChI=1S/C11H10N2/c1-2-8-6-9-3-5-13-11(9)7-10(8)12-4-1/h1-2,4,6-7,13H,3,5H2. The van der Waals surface area contributed by atoms with Gasteiger partial charge in [0, 0.05) is 23.8 Å². The maximum Gasteiger partial charge on any atom is 0.0722 e. The first-order valence-corrected chi connectivity index (χ1v) is 4.55. The Hall–Kier alpha value is -1.57. The minimum atomic E-state index is 1.06. The summed E-state index contributed by atoms with van der Waals surface area (Å²) >= 11 is 0. The van der Waals surface area contributed by atoms with Crippen LogP contribution in [0.2, 0.25) is 0 Å². The summed E-state index contributed by atoms with van der Waals surface area (Å²) in [6.07, 6.45) is 2.98. The number of nitrogens with zero attached hydrogens (tertiary/aromatic N) is 1. The van der Waals surface area contributed by atoms with Crippen molar-refractivity contribution >= 4 is 16.6 Å². The molecule has 1 aliphatic rings. The number of benzene rings is 1. The number of hydrogen-bond acceptors (Lipinski definition) is 2. The molecule has 64 valence electrons. The minimum Gasteiger partial charge on any atom is -0.384 e. The van der Waals surface area contributed by atoms with E-state index in [1.165, 1.54) is 16.6 Å². The van der Waals surface area contributed by atoms with Crippen LogP contribution in [-0.4, -0.2) is 11.5 Å². The summed E-state index contributed by atoms with van der Waals surface area (Å²) in [6, 6.07) is 8.47. The molecule has 0 atom stereocenters. The SMILES string of the molecule is c1cnc2cc3c(cc2c1)CCN3. The Morgan fingerprint density at radius 3 is 3.31 bits per heavy atom. The molecule has 0 amide bonds. The molecule has 0 radical (unpaired) electrons. The van der Waals surface area contributed by atoms with Gasteiger partial charge in [-0.1, -0.05) is 6.07 Å². The lowest BCUT2D eigenvalue weighted by Crippen LogP contribution is -1.90. The maximum absolute atomic E-state index is 4.32. The average Bonchev–Trinajstić information content (AvgIpc) is 2.61. The summed E-state index contributed by atoms with van der Waals surface area (Å²) < 4.78 is 0. The molecule has 0 saturated carbocycles. The van der Waals surface area contributed by atoms with E-state index in [1.54, 1.807) is 0 Å². The molecule has 0 unspecified atom stereocenters. The first kappa shape index (κ1) is 6.89. The van der Waals surface area contributed by atoms with Crippen LogP contribution in [0.25, 0.3) is 10.9 Å². The van der Waals surface area contributed by atoms with Gasteiger partial charge in [-0.25, -0.2) is 0 Å². The Balaban J connectivity index is 2.36. The molecule has 1 N–H and O–H groups in total. The highest BCUT2D eigenvalue weighted by molar-refractivity contribution is 5.84. The zero-order chi connectivity index (χ0) is 8.67. The van der Waals surface area contributed by atoms with Crippen LogP contribution in [0, 0.1) is 0 Å². The lowest BCUT2D eigenvalue weighted by atomic mass is 10.1. The van der Waals surface area contributed by atoms with Crippen molar-refractivity contribution in [3.8, 4) is 0 Å². The Morgan fingerprint density at radius 1 is 1.31 bits per heavy atom. The number of aromatic nitrogens is 1. The molecular weight excluding hydrogens is 160 g/mol. The van der Waals surface area contributed by atoms with E-state index >= 15 is 0 Å². The third-order valence-electron chi connectivity index (χ3n) is 2.54. The number of hydrogen-bond donors (Lipinski definition) is 1. The molecule has 0 aliphatic carbocycles. The maximum atomic E-state index is 4.32. The van der Waals surface area contributed by atoms with E-state index in [1.807, 2.05) is 12.3 Å². The van der Waals surface area contributed by atoms with Gasteiger partial charge in [0.15, 0.2) is 0 Å². The van der Waals surface area contributed by atoms with Gasteiger partial charge in [-0.05, 0) is 30.2 Å². The van der Waals surface area contributed by atoms with Crippen molar-refractivity contribution in [2.75, 3.05) is 11.9 Å². The van der Waals surface area contributed by atoms with E-state index < -0.39 is 0 Å². The highest BCUT2D eigenvalue weighted by Crippen LogP contribution is 2.26. The van der Waals surface area contributed by atoms with Crippen LogP contribution in [0.15, 0.2) is 30.5 Å². The van der Waals surface area contributed by atoms with E-state index in [9.17, 15) is 0 Å². The molecule has 2 aromatic rings. The molecule has 1 aromatic carbocycles. The van der Waals surface area contributed by atoms with Crippen LogP contribution < -0.4 is 5.32 Å². The summed E-state index contributed by atoms with van der Waals surface area (Å²) in [7, 11) is 0. The second kappa shape index (κ2) is 2.46. The van der Waals surface area contributed by atoms with Crippen LogP contribution >= 0.6 is 0 Å². The van der Waals surface area contributed by atoms with Crippen molar-refractivity contribution < 1.29 is 0 Å². The Morgan fingerprint density at radius 2 is 2.31 bits per heavy atom. The first-order chi connectivity index (χ1) is 6.43. The number of pyridine rings is 1. The van der Waals surface area contributed by atoms with E-state index in [2.05, 4.69) is 28.5 Å². The van der Waals surface area contributed by atoms with Gasteiger partial charge in [-0.2, -0.15) is 0 Å². The van der Waals surface area contributed by atoms with Crippen molar-refractivity contribution in [3.05, 3.63) is 36.0 Å². The van der Waals surface area contributed by atoms with Crippen LogP contribution in [0.3, 0.4) is 0 Å². The molecule has 2 nitrogen and oxygen atoms in total. The van der Waals surface area contributed by atoms with Crippen molar-refractivity contribution in [2.45, 2.75) is 6.42 Å². The highest BCUT2D eigenvalue weighted by atomic mass is 14.9. The fourth-order valence-electron chi connectivity index (χ4n) is 1.87. The zero-order valence-corrected chi connectivity index (χ0v) is 7.25. The van der Waals surface area contributed by atoms with Gasteiger partial charge < -0.3 is 5.32 Å². The molecule has 13 heavy (non-hydrogen) atoms. The lowest BCUT2D eigenvalue weighted by molar-refractivity contribution is 1.11. The summed E-state index contributed by atoms with van der Waals surface area (Å²) in [6.45, 7) is 1.06. The Bertz CT molecular complexity index is 420. The third-order valence-corrected chi connectivity index (χ3v) is 2.54. The first-order valence-electron chi connectivity index (χ1n) is 4.55. The molecule has 0 spiro atoms. The fourth-order valence-corrected chi connectivity index (χ4v) is 1.87. The van der Waals surface area contributed by atoms with Crippen LogP contribution in [0.1, 0.15) is 5.56 Å². The van der Waals surface area contributed by atoms with Gasteiger partial charge >= 0.3 is 0 Å². The minimum absolute atomic E-state index is 1.06. The molecule has 2 heteroatoms. The predicted molar refractivity (Wildman–Crippen MR) is 53.9 cm³/mol. The van der Waals surface area contributed by atoms with Crippen molar-refractivity contribution in [3.63, 3.8) is 0 Å². The van der Waals surface area contributed by atoms with Gasteiger partial charge in [0.1, 0.15) is 0 Å². The van der Waals surface area contributed by atoms with Crippen molar-refractivity contribution in [1.82, 2.24) is 4.98 Å². The van der Waals surface area contributed by atoms with E-state index in [0.29, 0.717) is 0 Å². The highest BCUT2D eigenvalue weighted by Gasteiger charge is 2.10. The Labute approximate surface area is 76.6 Å². The quantitative estimate of drug-likeness (QED) is 0.655. The second-order valence-corrected chi connectivity index (χ2v) is 3.38. The molecular formula is C11H10N2. The number of nitrogens with one attached hydrogen (secondary N) is 1. The zero-order valence-electron chi connectivity index (χ0n) is 7.25. The smallest absolute Gasteiger partial charge is 0.0722 e. The van der Waals surface area contributed by atoms with Gasteiger partial charge in [0.25, 0.3) is 0 Å². The molecule has 0 fully saturated rings. The molecule has 0 saturated heterocycles. The van der Waals surface area contributed by atoms with Crippen LogP contribution in [0.4, 0.5) is 5.69 Å². The van der Waals surface area contributed by atoms with Crippen LogP contribution in [-0.2, 0) is 6.42 Å². The average molecular weight is 170 g/mol. The van der Waals surface area contributed by atoms with Gasteiger partial charge in [-0.15, -0.1) is 0 Å². The normalized spacial score (nSPS) is 14.2. The molecule has 1 aromatic heterocycles. The van der Waals surface area contributed by atoms with Gasteiger partial charge in [0.05, 0.1) is 5.52 Å². The molecule has 1 aliphatic heterocycles. The Kier molecular flexibility index (Phi) is 1.30. The number of rotatable bonds is 0. The van der Waals surface area contributed by atoms with Gasteiger partial charge in [0.2, 0.25) is 0 Å². The van der Waals surface area contributed by atoms with Crippen molar-refractivity contribution in [2.24, 2.45) is 0 Å². The molecule has 0 bridgehead atoms. The number of fused-ring (bicyclic) bond motifs is 2. The predicted octanol–water partition coefficient (Wildman–Crippen LogP) is 2.20. The monoisotopic (exact) mass is 170 g/mol. The van der Waals surface area contributed by atoms with Crippen LogP contribution in [0.5, 0.6) is 0 Å². The summed E-state index contributed by atoms with van der Waals surface area (Å²) in [5.41, 5.74) is 3.75. The summed E-state index contributed by atoms with van der Waals surface area (Å²) in [4.78, 5) is 4.32. The third kappa shape index (κ3) is 0.985. The van der Waals surface area contributed by atoms with Crippen molar-refractivity contribution in [1.29, 1.82) is 0 Å². The fraction of sp³-hybridized carbons (Fsp3) is 0.182. The molecule has 2 heterocycles. The van der Waals surface area contributed by atoms with E-state index in [0.717, 1.165) is 18.5 Å². The largest absolute Gasteiger partial charge is 0.384 e. The van der Waals surface area contributed by atoms with Gasteiger partial charge in [-0.3, -0.25) is 4.98 Å². The van der Waals surface area contributed by atoms with E-state index in [4.69, 9.17) is 0 Å². The second-order valence-electron chi connectivity index (χ2n) is 3.38. The summed E-state index contributed by atoms with van der Waals surface area (Å²) in [5.74, 6) is 0. The van der Waals surface area contributed by atoms with E-state index in [-0.39, 0.29) is 0 Å². The molecule has 3 rings (SSSR count). The topological polar surface area (TPSA) is 24.9 Å².